The number of hydrogen-bond donors (Lipinski definition) is 2. The molecule has 0 fully saturated rings. The van der Waals surface area contributed by atoms with Gasteiger partial charge in [-0.05, 0) is 31.0 Å². The van der Waals surface area contributed by atoms with Gasteiger partial charge in [0.1, 0.15) is 0 Å². The van der Waals surface area contributed by atoms with Crippen molar-refractivity contribution >= 4 is 10.0 Å². The molecule has 0 amide bonds. The second-order valence-electron chi connectivity index (χ2n) is 4.07. The molecule has 1 heterocycles. The van der Waals surface area contributed by atoms with Crippen molar-refractivity contribution in [1.82, 2.24) is 15.0 Å². The maximum Gasteiger partial charge on any atom is 0.208 e. The van der Waals surface area contributed by atoms with Gasteiger partial charge in [0.15, 0.2) is 0 Å². The molecule has 1 aromatic heterocycles. The van der Waals surface area contributed by atoms with Crippen molar-refractivity contribution in [1.29, 1.82) is 0 Å². The van der Waals surface area contributed by atoms with E-state index in [-0.39, 0.29) is 0 Å². The van der Waals surface area contributed by atoms with E-state index in [1.165, 1.54) is 6.26 Å². The second-order valence-corrected chi connectivity index (χ2v) is 5.90. The van der Waals surface area contributed by atoms with Gasteiger partial charge in [-0.15, -0.1) is 0 Å². The first-order chi connectivity index (χ1) is 7.97. The average Bonchev–Trinajstić information content (AvgIpc) is 2.22. The molecule has 1 rings (SSSR count). The number of aromatic nitrogens is 1. The molecule has 0 spiro atoms. The van der Waals surface area contributed by atoms with Gasteiger partial charge in [-0.1, -0.05) is 6.07 Å². The molecule has 0 saturated heterocycles. The standard InChI is InChI=1S/C11H19N3O2S/c1-10-6-11(9-13-7-10)8-12-4-3-5-14-17(2,15)16/h6-7,9,12,14H,3-5,8H2,1-2H3. The van der Waals surface area contributed by atoms with E-state index in [1.54, 1.807) is 0 Å². The smallest absolute Gasteiger partial charge is 0.208 e. The topological polar surface area (TPSA) is 71.1 Å². The fourth-order valence-electron chi connectivity index (χ4n) is 1.42. The Balaban J connectivity index is 2.13. The van der Waals surface area contributed by atoms with E-state index in [1.807, 2.05) is 19.3 Å². The Morgan fingerprint density at radius 1 is 1.29 bits per heavy atom. The van der Waals surface area contributed by atoms with Gasteiger partial charge in [0.05, 0.1) is 6.26 Å². The third-order valence-electron chi connectivity index (χ3n) is 2.16. The molecule has 6 heteroatoms. The molecule has 0 radical (unpaired) electrons. The lowest BCUT2D eigenvalue weighted by molar-refractivity contribution is 0.579. The predicted molar refractivity (Wildman–Crippen MR) is 68.1 cm³/mol. The Morgan fingerprint density at radius 2 is 2.06 bits per heavy atom. The molecule has 0 atom stereocenters. The van der Waals surface area contributed by atoms with Crippen molar-refractivity contribution in [3.63, 3.8) is 0 Å². The van der Waals surface area contributed by atoms with Crippen LogP contribution in [0.2, 0.25) is 0 Å². The summed E-state index contributed by atoms with van der Waals surface area (Å²) in [7, 11) is -3.06. The molecular weight excluding hydrogens is 238 g/mol. The molecule has 0 aliphatic carbocycles. The number of hydrogen-bond acceptors (Lipinski definition) is 4. The van der Waals surface area contributed by atoms with Crippen LogP contribution >= 0.6 is 0 Å². The SMILES string of the molecule is Cc1cncc(CNCCCNS(C)(=O)=O)c1. The lowest BCUT2D eigenvalue weighted by Crippen LogP contribution is -2.26. The summed E-state index contributed by atoms with van der Waals surface area (Å²) >= 11 is 0. The molecule has 0 aliphatic heterocycles. The lowest BCUT2D eigenvalue weighted by atomic mass is 10.2. The van der Waals surface area contributed by atoms with E-state index in [0.29, 0.717) is 6.54 Å². The molecule has 1 aromatic rings. The van der Waals surface area contributed by atoms with Crippen molar-refractivity contribution in [3.8, 4) is 0 Å². The van der Waals surface area contributed by atoms with Crippen LogP contribution in [-0.2, 0) is 16.6 Å². The van der Waals surface area contributed by atoms with Crippen LogP contribution in [0, 0.1) is 6.92 Å². The first-order valence-electron chi connectivity index (χ1n) is 5.53. The van der Waals surface area contributed by atoms with E-state index >= 15 is 0 Å². The molecule has 0 bridgehead atoms. The minimum atomic E-state index is -3.06. The fourth-order valence-corrected chi connectivity index (χ4v) is 1.93. The Labute approximate surface area is 103 Å². The average molecular weight is 257 g/mol. The number of sulfonamides is 1. The van der Waals surface area contributed by atoms with Crippen LogP contribution in [0.25, 0.3) is 0 Å². The van der Waals surface area contributed by atoms with Gasteiger partial charge in [0.2, 0.25) is 10.0 Å². The van der Waals surface area contributed by atoms with Gasteiger partial charge in [0.25, 0.3) is 0 Å². The van der Waals surface area contributed by atoms with E-state index in [2.05, 4.69) is 21.1 Å². The molecule has 0 saturated carbocycles. The van der Waals surface area contributed by atoms with Crippen molar-refractivity contribution in [2.24, 2.45) is 0 Å². The van der Waals surface area contributed by atoms with Gasteiger partial charge in [0, 0.05) is 25.5 Å². The normalized spacial score (nSPS) is 11.6. The van der Waals surface area contributed by atoms with Crippen LogP contribution in [0.4, 0.5) is 0 Å². The summed E-state index contributed by atoms with van der Waals surface area (Å²) in [5.41, 5.74) is 2.28. The first-order valence-corrected chi connectivity index (χ1v) is 7.42. The number of aryl methyl sites for hydroxylation is 1. The summed E-state index contributed by atoms with van der Waals surface area (Å²) in [4.78, 5) is 4.10. The molecule has 17 heavy (non-hydrogen) atoms. The summed E-state index contributed by atoms with van der Waals surface area (Å²) in [6.07, 6.45) is 5.58. The van der Waals surface area contributed by atoms with Crippen LogP contribution in [0.3, 0.4) is 0 Å². The minimum Gasteiger partial charge on any atom is -0.313 e. The molecule has 0 unspecified atom stereocenters. The Kier molecular flexibility index (Phi) is 5.54. The summed E-state index contributed by atoms with van der Waals surface area (Å²) in [5.74, 6) is 0. The van der Waals surface area contributed by atoms with Gasteiger partial charge in [-0.2, -0.15) is 0 Å². The van der Waals surface area contributed by atoms with Crippen LogP contribution in [0.5, 0.6) is 0 Å². The Hall–Kier alpha value is -0.980. The predicted octanol–water partition coefficient (Wildman–Crippen LogP) is 0.419. The summed E-state index contributed by atoms with van der Waals surface area (Å²) < 4.78 is 24.0. The summed E-state index contributed by atoms with van der Waals surface area (Å²) in [6, 6.07) is 2.08. The molecular formula is C11H19N3O2S. The van der Waals surface area contributed by atoms with Gasteiger partial charge in [-0.25, -0.2) is 13.1 Å². The minimum absolute atomic E-state index is 0.470. The highest BCUT2D eigenvalue weighted by Crippen LogP contribution is 2.00. The quantitative estimate of drug-likeness (QED) is 0.694. The van der Waals surface area contributed by atoms with E-state index < -0.39 is 10.0 Å². The zero-order valence-corrected chi connectivity index (χ0v) is 11.0. The van der Waals surface area contributed by atoms with Crippen LogP contribution < -0.4 is 10.0 Å². The number of nitrogens with one attached hydrogen (secondary N) is 2. The number of rotatable bonds is 7. The van der Waals surface area contributed by atoms with Crippen molar-refractivity contribution in [2.75, 3.05) is 19.3 Å². The molecule has 0 aromatic carbocycles. The van der Waals surface area contributed by atoms with Crippen LogP contribution in [0.15, 0.2) is 18.5 Å². The highest BCUT2D eigenvalue weighted by Gasteiger charge is 1.98. The van der Waals surface area contributed by atoms with Crippen LogP contribution in [-0.4, -0.2) is 32.7 Å². The van der Waals surface area contributed by atoms with E-state index in [0.717, 1.165) is 30.6 Å². The van der Waals surface area contributed by atoms with Crippen molar-refractivity contribution in [3.05, 3.63) is 29.6 Å². The first kappa shape index (κ1) is 14.1. The summed E-state index contributed by atoms with van der Waals surface area (Å²) in [5, 5.41) is 3.24. The Morgan fingerprint density at radius 3 is 2.71 bits per heavy atom. The maximum absolute atomic E-state index is 10.8. The van der Waals surface area contributed by atoms with Crippen molar-refractivity contribution in [2.45, 2.75) is 19.9 Å². The van der Waals surface area contributed by atoms with E-state index in [9.17, 15) is 8.42 Å². The monoisotopic (exact) mass is 257 g/mol. The van der Waals surface area contributed by atoms with E-state index in [4.69, 9.17) is 0 Å². The zero-order valence-electron chi connectivity index (χ0n) is 10.2. The molecule has 5 nitrogen and oxygen atoms in total. The third-order valence-corrected chi connectivity index (χ3v) is 2.88. The second kappa shape index (κ2) is 6.68. The van der Waals surface area contributed by atoms with Gasteiger partial charge in [-0.3, -0.25) is 4.98 Å². The van der Waals surface area contributed by atoms with Gasteiger partial charge < -0.3 is 5.32 Å². The molecule has 96 valence electrons. The third kappa shape index (κ3) is 7.04. The fraction of sp³-hybridized carbons (Fsp3) is 0.545. The van der Waals surface area contributed by atoms with Crippen molar-refractivity contribution < 1.29 is 8.42 Å². The number of pyridine rings is 1. The molecule has 0 aliphatic rings. The Bertz CT molecular complexity index is 446. The molecule has 2 N–H and O–H groups in total. The highest BCUT2D eigenvalue weighted by molar-refractivity contribution is 7.88. The highest BCUT2D eigenvalue weighted by atomic mass is 32.2. The maximum atomic E-state index is 10.8. The lowest BCUT2D eigenvalue weighted by Gasteiger charge is -2.05. The summed E-state index contributed by atoms with van der Waals surface area (Å²) in [6.45, 7) is 4.01. The van der Waals surface area contributed by atoms with Gasteiger partial charge >= 0.3 is 0 Å². The zero-order chi connectivity index (χ0) is 12.7. The van der Waals surface area contributed by atoms with Crippen LogP contribution in [0.1, 0.15) is 17.5 Å². The largest absolute Gasteiger partial charge is 0.313 e. The number of nitrogens with zero attached hydrogens (tertiary/aromatic N) is 1.